The Morgan fingerprint density at radius 3 is 2.62 bits per heavy atom. The van der Waals surface area contributed by atoms with E-state index in [4.69, 9.17) is 0 Å². The molecule has 1 unspecified atom stereocenters. The highest BCUT2D eigenvalue weighted by Crippen LogP contribution is 2.25. The van der Waals surface area contributed by atoms with Crippen LogP contribution in [0.1, 0.15) is 41.2 Å². The fourth-order valence-electron chi connectivity index (χ4n) is 1.98. The highest BCUT2D eigenvalue weighted by Gasteiger charge is 2.30. The largest absolute Gasteiger partial charge is 0.479 e. The molecule has 0 saturated carbocycles. The summed E-state index contributed by atoms with van der Waals surface area (Å²) in [5.74, 6) is -1.41. The number of rotatable bonds is 5. The first-order valence-corrected chi connectivity index (χ1v) is 7.37. The van der Waals surface area contributed by atoms with Gasteiger partial charge in [0.1, 0.15) is 0 Å². The van der Waals surface area contributed by atoms with Gasteiger partial charge in [-0.2, -0.15) is 5.10 Å². The lowest BCUT2D eigenvalue weighted by Gasteiger charge is -2.23. The molecule has 2 rings (SSSR count). The van der Waals surface area contributed by atoms with E-state index in [1.807, 2.05) is 13.8 Å². The number of carboxylic acid groups (broad SMARTS) is 1. The number of hydrogen-bond acceptors (Lipinski definition) is 4. The van der Waals surface area contributed by atoms with Crippen LogP contribution in [0.5, 0.6) is 0 Å². The van der Waals surface area contributed by atoms with Crippen LogP contribution >= 0.6 is 11.3 Å². The maximum Gasteiger partial charge on any atom is 0.331 e. The fraction of sp³-hybridized carbons (Fsp3) is 0.357. The van der Waals surface area contributed by atoms with E-state index in [2.05, 4.69) is 5.10 Å². The van der Waals surface area contributed by atoms with E-state index in [0.29, 0.717) is 10.4 Å². The van der Waals surface area contributed by atoms with Gasteiger partial charge in [-0.3, -0.25) is 9.48 Å². The van der Waals surface area contributed by atoms with Crippen molar-refractivity contribution in [3.05, 3.63) is 40.3 Å². The van der Waals surface area contributed by atoms with Gasteiger partial charge < -0.3 is 10.0 Å². The van der Waals surface area contributed by atoms with Gasteiger partial charge >= 0.3 is 5.97 Å². The predicted octanol–water partition coefficient (Wildman–Crippen LogP) is 2.42. The monoisotopic (exact) mass is 307 g/mol. The summed E-state index contributed by atoms with van der Waals surface area (Å²) < 4.78 is 1.67. The van der Waals surface area contributed by atoms with Crippen LogP contribution in [0, 0.1) is 0 Å². The van der Waals surface area contributed by atoms with Crippen LogP contribution in [0.25, 0.3) is 0 Å². The van der Waals surface area contributed by atoms with Gasteiger partial charge in [0.15, 0.2) is 6.04 Å². The Morgan fingerprint density at radius 2 is 2.14 bits per heavy atom. The van der Waals surface area contributed by atoms with Crippen molar-refractivity contribution in [3.8, 4) is 0 Å². The third-order valence-corrected chi connectivity index (χ3v) is 4.06. The Kier molecular flexibility index (Phi) is 4.42. The van der Waals surface area contributed by atoms with Gasteiger partial charge in [0.25, 0.3) is 5.91 Å². The van der Waals surface area contributed by atoms with Crippen molar-refractivity contribution in [1.82, 2.24) is 14.7 Å². The number of carboxylic acids is 1. The fourth-order valence-corrected chi connectivity index (χ4v) is 2.84. The van der Waals surface area contributed by atoms with E-state index < -0.39 is 12.0 Å². The molecule has 6 nitrogen and oxygen atoms in total. The summed E-state index contributed by atoms with van der Waals surface area (Å²) in [6, 6.07) is 2.64. The zero-order chi connectivity index (χ0) is 15.6. The minimum absolute atomic E-state index is 0.143. The van der Waals surface area contributed by atoms with Crippen LogP contribution < -0.4 is 0 Å². The Morgan fingerprint density at radius 1 is 1.43 bits per heavy atom. The quantitative estimate of drug-likeness (QED) is 0.920. The SMILES string of the molecule is CC(C)n1cc(C(=O)N(C)C(C(=O)O)c2cccs2)cn1. The molecule has 1 atom stereocenters. The highest BCUT2D eigenvalue weighted by molar-refractivity contribution is 7.10. The molecular formula is C14H17N3O3S. The van der Waals surface area contributed by atoms with Crippen LogP contribution in [0.15, 0.2) is 29.9 Å². The summed E-state index contributed by atoms with van der Waals surface area (Å²) in [4.78, 5) is 25.8. The average Bonchev–Trinajstić information content (AvgIpc) is 3.08. The van der Waals surface area contributed by atoms with Gasteiger partial charge in [0.2, 0.25) is 0 Å². The highest BCUT2D eigenvalue weighted by atomic mass is 32.1. The molecule has 0 radical (unpaired) electrons. The van der Waals surface area contributed by atoms with E-state index in [-0.39, 0.29) is 11.9 Å². The summed E-state index contributed by atoms with van der Waals surface area (Å²) in [6.07, 6.45) is 3.10. The molecule has 112 valence electrons. The molecule has 0 aromatic carbocycles. The smallest absolute Gasteiger partial charge is 0.331 e. The van der Waals surface area contributed by atoms with Crippen LogP contribution in [0.4, 0.5) is 0 Å². The molecule has 0 aliphatic carbocycles. The minimum Gasteiger partial charge on any atom is -0.479 e. The number of carbonyl (C=O) groups is 2. The molecule has 7 heteroatoms. The molecule has 21 heavy (non-hydrogen) atoms. The molecule has 2 heterocycles. The predicted molar refractivity (Wildman–Crippen MR) is 79.4 cm³/mol. The van der Waals surface area contributed by atoms with E-state index >= 15 is 0 Å². The molecule has 2 aromatic heterocycles. The molecule has 0 saturated heterocycles. The first-order chi connectivity index (χ1) is 9.91. The number of aromatic nitrogens is 2. The second-order valence-electron chi connectivity index (χ2n) is 4.98. The first kappa shape index (κ1) is 15.2. The Hall–Kier alpha value is -2.15. The molecular weight excluding hydrogens is 290 g/mol. The van der Waals surface area contributed by atoms with Gasteiger partial charge in [0, 0.05) is 24.2 Å². The Balaban J connectivity index is 2.26. The second-order valence-corrected chi connectivity index (χ2v) is 5.95. The van der Waals surface area contributed by atoms with Crippen molar-refractivity contribution in [1.29, 1.82) is 0 Å². The lowest BCUT2D eigenvalue weighted by molar-refractivity contribution is -0.142. The molecule has 1 amide bonds. The van der Waals surface area contributed by atoms with Gasteiger partial charge in [0.05, 0.1) is 11.8 Å². The van der Waals surface area contributed by atoms with Crippen LogP contribution in [0.2, 0.25) is 0 Å². The summed E-state index contributed by atoms with van der Waals surface area (Å²) in [5, 5.41) is 15.3. The molecule has 0 fully saturated rings. The van der Waals surface area contributed by atoms with Crippen LogP contribution in [-0.2, 0) is 4.79 Å². The lowest BCUT2D eigenvalue weighted by Crippen LogP contribution is -2.35. The zero-order valence-electron chi connectivity index (χ0n) is 12.1. The maximum absolute atomic E-state index is 12.4. The summed E-state index contributed by atoms with van der Waals surface area (Å²) in [7, 11) is 1.49. The van der Waals surface area contributed by atoms with E-state index in [0.717, 1.165) is 0 Å². The number of amides is 1. The molecule has 1 N–H and O–H groups in total. The van der Waals surface area contributed by atoms with Crippen molar-refractivity contribution in [2.75, 3.05) is 7.05 Å². The molecule has 0 aliphatic rings. The van der Waals surface area contributed by atoms with Crippen molar-refractivity contribution >= 4 is 23.2 Å². The molecule has 0 spiro atoms. The van der Waals surface area contributed by atoms with E-state index in [1.54, 1.807) is 28.4 Å². The van der Waals surface area contributed by atoms with Crippen molar-refractivity contribution in [2.24, 2.45) is 0 Å². The third-order valence-electron chi connectivity index (χ3n) is 3.13. The first-order valence-electron chi connectivity index (χ1n) is 6.49. The number of thiophene rings is 1. The number of nitrogens with zero attached hydrogens (tertiary/aromatic N) is 3. The van der Waals surface area contributed by atoms with Gasteiger partial charge in [-0.25, -0.2) is 4.79 Å². The van der Waals surface area contributed by atoms with Crippen LogP contribution in [-0.4, -0.2) is 38.7 Å². The third kappa shape index (κ3) is 3.13. The minimum atomic E-state index is -1.05. The van der Waals surface area contributed by atoms with Gasteiger partial charge in [-0.1, -0.05) is 6.07 Å². The van der Waals surface area contributed by atoms with Crippen molar-refractivity contribution in [3.63, 3.8) is 0 Å². The maximum atomic E-state index is 12.4. The molecule has 0 aliphatic heterocycles. The summed E-state index contributed by atoms with van der Waals surface area (Å²) in [5.41, 5.74) is 0.383. The molecule has 0 bridgehead atoms. The summed E-state index contributed by atoms with van der Waals surface area (Å²) >= 11 is 1.31. The van der Waals surface area contributed by atoms with Gasteiger partial charge in [-0.05, 0) is 25.3 Å². The van der Waals surface area contributed by atoms with E-state index in [1.165, 1.54) is 29.5 Å². The van der Waals surface area contributed by atoms with Crippen molar-refractivity contribution in [2.45, 2.75) is 25.9 Å². The number of aliphatic carboxylic acids is 1. The number of hydrogen-bond donors (Lipinski definition) is 1. The number of carbonyl (C=O) groups excluding carboxylic acids is 1. The Bertz CT molecular complexity index is 634. The topological polar surface area (TPSA) is 75.4 Å². The average molecular weight is 307 g/mol. The zero-order valence-corrected chi connectivity index (χ0v) is 12.9. The number of likely N-dealkylation sites (N-methyl/N-ethyl adjacent to an activating group) is 1. The summed E-state index contributed by atoms with van der Waals surface area (Å²) in [6.45, 7) is 3.91. The molecule has 2 aromatic rings. The van der Waals surface area contributed by atoms with Gasteiger partial charge in [-0.15, -0.1) is 11.3 Å². The van der Waals surface area contributed by atoms with E-state index in [9.17, 15) is 14.7 Å². The lowest BCUT2D eigenvalue weighted by atomic mass is 10.2. The Labute approximate surface area is 126 Å². The standard InChI is InChI=1S/C14H17N3O3S/c1-9(2)17-8-10(7-15-17)13(18)16(3)12(14(19)20)11-5-4-6-21-11/h4-9,12H,1-3H3,(H,19,20). The van der Waals surface area contributed by atoms with Crippen LogP contribution in [0.3, 0.4) is 0 Å². The van der Waals surface area contributed by atoms with Crippen molar-refractivity contribution < 1.29 is 14.7 Å². The normalized spacial score (nSPS) is 12.4. The second kappa shape index (κ2) is 6.09.